The summed E-state index contributed by atoms with van der Waals surface area (Å²) in [5.41, 5.74) is 0.719. The van der Waals surface area contributed by atoms with Gasteiger partial charge in [0, 0.05) is 5.56 Å². The number of hydrogen-bond acceptors (Lipinski definition) is 4. The second-order valence-corrected chi connectivity index (χ2v) is 3.78. The Morgan fingerprint density at radius 1 is 1.35 bits per heavy atom. The fourth-order valence-electron chi connectivity index (χ4n) is 1.56. The number of halogens is 1. The van der Waals surface area contributed by atoms with Crippen molar-refractivity contribution in [1.82, 2.24) is 0 Å². The number of benzene rings is 1. The zero-order valence-electron chi connectivity index (χ0n) is 9.65. The first kappa shape index (κ1) is 13.6. The van der Waals surface area contributed by atoms with E-state index in [1.807, 2.05) is 0 Å². The second-order valence-electron chi connectivity index (χ2n) is 3.40. The van der Waals surface area contributed by atoms with Crippen LogP contribution in [-0.4, -0.2) is 30.4 Å². The smallest absolute Gasteiger partial charge is 0.337 e. The number of methoxy groups -OCH3 is 2. The number of carboxylic acids is 1. The molecule has 0 spiro atoms. The number of carbonyl (C=O) groups is 1. The van der Waals surface area contributed by atoms with Gasteiger partial charge in [0.15, 0.2) is 6.10 Å². The van der Waals surface area contributed by atoms with Crippen LogP contribution in [0, 0.1) is 6.92 Å². The average molecular weight is 261 g/mol. The normalized spacial score (nSPS) is 12.1. The zero-order valence-corrected chi connectivity index (χ0v) is 10.4. The minimum Gasteiger partial charge on any atom is -0.495 e. The van der Waals surface area contributed by atoms with Crippen molar-refractivity contribution in [3.05, 3.63) is 22.2 Å². The minimum atomic E-state index is -1.69. The molecule has 0 fully saturated rings. The van der Waals surface area contributed by atoms with Crippen LogP contribution in [0.2, 0.25) is 5.02 Å². The molecule has 0 bridgehead atoms. The number of aliphatic hydroxyl groups is 1. The van der Waals surface area contributed by atoms with Gasteiger partial charge in [0.25, 0.3) is 0 Å². The summed E-state index contributed by atoms with van der Waals surface area (Å²) in [4.78, 5) is 10.8. The molecule has 0 amide bonds. The molecule has 0 heterocycles. The largest absolute Gasteiger partial charge is 0.495 e. The standard InChI is InChI=1S/C11H13ClO5/c1-5-4-6(8(13)11(14)15)10(17-3)7(12)9(5)16-2/h4,8,13H,1-3H3,(H,14,15). The third-order valence-electron chi connectivity index (χ3n) is 2.33. The number of aliphatic hydroxyl groups excluding tert-OH is 1. The van der Waals surface area contributed by atoms with Crippen LogP contribution in [0.4, 0.5) is 0 Å². The van der Waals surface area contributed by atoms with Crippen molar-refractivity contribution < 1.29 is 24.5 Å². The van der Waals surface area contributed by atoms with Crippen molar-refractivity contribution in [3.8, 4) is 11.5 Å². The van der Waals surface area contributed by atoms with Gasteiger partial charge in [-0.25, -0.2) is 4.79 Å². The van der Waals surface area contributed by atoms with E-state index in [0.717, 1.165) is 0 Å². The van der Waals surface area contributed by atoms with E-state index >= 15 is 0 Å². The number of ether oxygens (including phenoxy) is 2. The molecule has 0 aromatic heterocycles. The fraction of sp³-hybridized carbons (Fsp3) is 0.364. The maximum absolute atomic E-state index is 10.8. The molecule has 0 radical (unpaired) electrons. The maximum Gasteiger partial charge on any atom is 0.337 e. The average Bonchev–Trinajstić information content (AvgIpc) is 2.27. The molecule has 0 aliphatic carbocycles. The van der Waals surface area contributed by atoms with Gasteiger partial charge < -0.3 is 19.7 Å². The number of aryl methyl sites for hydroxylation is 1. The molecule has 5 nitrogen and oxygen atoms in total. The Morgan fingerprint density at radius 3 is 2.29 bits per heavy atom. The predicted octanol–water partition coefficient (Wildman–Crippen LogP) is 1.78. The zero-order chi connectivity index (χ0) is 13.2. The van der Waals surface area contributed by atoms with Crippen LogP contribution in [0.15, 0.2) is 6.07 Å². The van der Waals surface area contributed by atoms with Crippen molar-refractivity contribution in [2.24, 2.45) is 0 Å². The number of rotatable bonds is 4. The van der Waals surface area contributed by atoms with Crippen molar-refractivity contribution >= 4 is 17.6 Å². The molecule has 1 rings (SSSR count). The predicted molar refractivity (Wildman–Crippen MR) is 61.9 cm³/mol. The molecular formula is C11H13ClO5. The number of carboxylic acid groups (broad SMARTS) is 1. The molecule has 1 aromatic carbocycles. The summed E-state index contributed by atoms with van der Waals surface area (Å²) >= 11 is 6.01. The molecule has 2 N–H and O–H groups in total. The van der Waals surface area contributed by atoms with Gasteiger partial charge in [-0.2, -0.15) is 0 Å². The van der Waals surface area contributed by atoms with Gasteiger partial charge in [0.1, 0.15) is 16.5 Å². The second kappa shape index (κ2) is 5.25. The first-order valence-corrected chi connectivity index (χ1v) is 5.13. The molecule has 1 atom stereocenters. The maximum atomic E-state index is 10.8. The third kappa shape index (κ3) is 2.45. The number of hydrogen-bond donors (Lipinski definition) is 2. The molecular weight excluding hydrogens is 248 g/mol. The Labute approximate surface area is 104 Å². The van der Waals surface area contributed by atoms with E-state index in [2.05, 4.69) is 0 Å². The van der Waals surface area contributed by atoms with Gasteiger partial charge in [0.05, 0.1) is 14.2 Å². The van der Waals surface area contributed by atoms with Crippen LogP contribution in [0.1, 0.15) is 17.2 Å². The lowest BCUT2D eigenvalue weighted by Crippen LogP contribution is -2.12. The Bertz CT molecular complexity index is 444. The summed E-state index contributed by atoms with van der Waals surface area (Å²) in [6.45, 7) is 1.70. The first-order valence-electron chi connectivity index (χ1n) is 4.75. The fourth-order valence-corrected chi connectivity index (χ4v) is 1.97. The molecule has 0 aliphatic rings. The van der Waals surface area contributed by atoms with E-state index in [4.69, 9.17) is 26.2 Å². The molecule has 6 heteroatoms. The third-order valence-corrected chi connectivity index (χ3v) is 2.67. The first-order chi connectivity index (χ1) is 7.93. The van der Waals surface area contributed by atoms with E-state index in [-0.39, 0.29) is 16.3 Å². The van der Waals surface area contributed by atoms with Crippen LogP contribution in [0.3, 0.4) is 0 Å². The van der Waals surface area contributed by atoms with E-state index in [0.29, 0.717) is 11.3 Å². The highest BCUT2D eigenvalue weighted by atomic mass is 35.5. The highest BCUT2D eigenvalue weighted by molar-refractivity contribution is 6.33. The van der Waals surface area contributed by atoms with Crippen LogP contribution < -0.4 is 9.47 Å². The topological polar surface area (TPSA) is 76.0 Å². The lowest BCUT2D eigenvalue weighted by molar-refractivity contribution is -0.147. The molecule has 1 unspecified atom stereocenters. The van der Waals surface area contributed by atoms with Crippen molar-refractivity contribution in [2.45, 2.75) is 13.0 Å². The lowest BCUT2D eigenvalue weighted by atomic mass is 10.0. The van der Waals surface area contributed by atoms with E-state index in [9.17, 15) is 9.90 Å². The SMILES string of the molecule is COc1c(C)cc(C(O)C(=O)O)c(OC)c1Cl. The Morgan fingerprint density at radius 2 is 1.88 bits per heavy atom. The van der Waals surface area contributed by atoms with Crippen LogP contribution in [0.25, 0.3) is 0 Å². The van der Waals surface area contributed by atoms with Crippen LogP contribution in [0.5, 0.6) is 11.5 Å². The molecule has 1 aromatic rings. The molecule has 94 valence electrons. The Hall–Kier alpha value is -1.46. The Kier molecular flexibility index (Phi) is 4.20. The van der Waals surface area contributed by atoms with E-state index in [1.54, 1.807) is 6.92 Å². The van der Waals surface area contributed by atoms with Crippen LogP contribution >= 0.6 is 11.6 Å². The number of aliphatic carboxylic acids is 1. The van der Waals surface area contributed by atoms with Crippen LogP contribution in [-0.2, 0) is 4.79 Å². The Balaban J connectivity index is 3.46. The summed E-state index contributed by atoms with van der Waals surface area (Å²) in [7, 11) is 2.79. The monoisotopic (exact) mass is 260 g/mol. The van der Waals surface area contributed by atoms with E-state index < -0.39 is 12.1 Å². The summed E-state index contributed by atoms with van der Waals surface area (Å²) in [5, 5.41) is 18.5. The van der Waals surface area contributed by atoms with Crippen molar-refractivity contribution in [3.63, 3.8) is 0 Å². The van der Waals surface area contributed by atoms with Crippen molar-refractivity contribution in [1.29, 1.82) is 0 Å². The highest BCUT2D eigenvalue weighted by Gasteiger charge is 2.25. The van der Waals surface area contributed by atoms with Crippen molar-refractivity contribution in [2.75, 3.05) is 14.2 Å². The quantitative estimate of drug-likeness (QED) is 0.863. The molecule has 0 aliphatic heterocycles. The molecule has 0 saturated carbocycles. The summed E-state index contributed by atoms with van der Waals surface area (Å²) in [6, 6.07) is 1.47. The van der Waals surface area contributed by atoms with Gasteiger partial charge in [0.2, 0.25) is 0 Å². The summed E-state index contributed by atoms with van der Waals surface area (Å²) < 4.78 is 10.1. The lowest BCUT2D eigenvalue weighted by Gasteiger charge is -2.17. The van der Waals surface area contributed by atoms with Gasteiger partial charge in [-0.1, -0.05) is 11.6 Å². The minimum absolute atomic E-state index is 0.100. The van der Waals surface area contributed by atoms with E-state index in [1.165, 1.54) is 20.3 Å². The summed E-state index contributed by atoms with van der Waals surface area (Å²) in [5.74, 6) is -0.877. The molecule has 17 heavy (non-hydrogen) atoms. The highest BCUT2D eigenvalue weighted by Crippen LogP contribution is 2.41. The molecule has 0 saturated heterocycles. The van der Waals surface area contributed by atoms with Gasteiger partial charge in [-0.05, 0) is 18.6 Å². The van der Waals surface area contributed by atoms with Gasteiger partial charge >= 0.3 is 5.97 Å². The van der Waals surface area contributed by atoms with Gasteiger partial charge in [-0.15, -0.1) is 0 Å². The summed E-state index contributed by atoms with van der Waals surface area (Å²) in [6.07, 6.45) is -1.69. The van der Waals surface area contributed by atoms with Gasteiger partial charge in [-0.3, -0.25) is 0 Å².